The van der Waals surface area contributed by atoms with E-state index in [1.165, 1.54) is 0 Å². The molecule has 2 aromatic rings. The molecule has 0 saturated carbocycles. The molecule has 1 fully saturated rings. The number of nitrogens with zero attached hydrogens (tertiary/aromatic N) is 3. The quantitative estimate of drug-likeness (QED) is 0.837. The van der Waals surface area contributed by atoms with Gasteiger partial charge in [0.2, 0.25) is 0 Å². The minimum absolute atomic E-state index is 0.0443. The number of methoxy groups -OCH3 is 2. The second kappa shape index (κ2) is 6.59. The maximum absolute atomic E-state index is 5.71. The molecule has 130 valence electrons. The minimum Gasteiger partial charge on any atom is -0.493 e. The maximum Gasteiger partial charge on any atom is 0.166 e. The molecule has 5 nitrogen and oxygen atoms in total. The van der Waals surface area contributed by atoms with Gasteiger partial charge in [0.25, 0.3) is 0 Å². The van der Waals surface area contributed by atoms with Crippen LogP contribution < -0.4 is 9.47 Å². The number of ether oxygens (including phenoxy) is 2. The Kier molecular flexibility index (Phi) is 4.29. The molecule has 3 heterocycles. The summed E-state index contributed by atoms with van der Waals surface area (Å²) in [5, 5.41) is 1.63. The van der Waals surface area contributed by atoms with Crippen molar-refractivity contribution in [3.8, 4) is 11.5 Å². The van der Waals surface area contributed by atoms with Crippen LogP contribution in [0.5, 0.6) is 11.5 Å². The van der Waals surface area contributed by atoms with Crippen LogP contribution in [-0.2, 0) is 0 Å². The molecule has 0 spiro atoms. The van der Waals surface area contributed by atoms with E-state index in [9.17, 15) is 0 Å². The molecule has 3 atom stereocenters. The van der Waals surface area contributed by atoms with E-state index in [0.29, 0.717) is 5.25 Å². The van der Waals surface area contributed by atoms with Gasteiger partial charge >= 0.3 is 0 Å². The molecule has 0 aliphatic carbocycles. The third-order valence-electron chi connectivity index (χ3n) is 4.63. The van der Waals surface area contributed by atoms with E-state index in [1.807, 2.05) is 48.3 Å². The van der Waals surface area contributed by atoms with Gasteiger partial charge in [0.15, 0.2) is 16.7 Å². The first-order valence-corrected chi connectivity index (χ1v) is 9.23. The SMILES string of the molecule is COc1cccc([C@H]2[C@@H](c3ccccn3)N=C3S[C@@H](C)CN32)c1OC. The Hall–Kier alpha value is -2.21. The molecule has 2 aliphatic heterocycles. The predicted molar refractivity (Wildman–Crippen MR) is 100 cm³/mol. The Bertz CT molecular complexity index is 797. The van der Waals surface area contributed by atoms with E-state index in [1.54, 1.807) is 14.2 Å². The van der Waals surface area contributed by atoms with Crippen molar-refractivity contribution >= 4 is 16.9 Å². The summed E-state index contributed by atoms with van der Waals surface area (Å²) in [6, 6.07) is 12.1. The van der Waals surface area contributed by atoms with Crippen molar-refractivity contribution in [2.45, 2.75) is 24.3 Å². The molecule has 0 unspecified atom stereocenters. The van der Waals surface area contributed by atoms with Crippen LogP contribution in [0.25, 0.3) is 0 Å². The van der Waals surface area contributed by atoms with Gasteiger partial charge in [0, 0.05) is 23.6 Å². The molecular weight excluding hydrogens is 334 g/mol. The monoisotopic (exact) mass is 355 g/mol. The maximum atomic E-state index is 5.71. The van der Waals surface area contributed by atoms with E-state index in [4.69, 9.17) is 14.5 Å². The number of hydrogen-bond acceptors (Lipinski definition) is 6. The second-order valence-corrected chi connectivity index (χ2v) is 7.63. The lowest BCUT2D eigenvalue weighted by atomic mass is 9.95. The summed E-state index contributed by atoms with van der Waals surface area (Å²) in [6.45, 7) is 3.21. The van der Waals surface area contributed by atoms with Crippen molar-refractivity contribution in [2.75, 3.05) is 20.8 Å². The Morgan fingerprint density at radius 3 is 2.72 bits per heavy atom. The fourth-order valence-electron chi connectivity index (χ4n) is 3.60. The summed E-state index contributed by atoms with van der Waals surface area (Å²) in [5.74, 6) is 1.52. The average Bonchev–Trinajstić information content (AvgIpc) is 3.17. The van der Waals surface area contributed by atoms with Crippen molar-refractivity contribution in [3.63, 3.8) is 0 Å². The summed E-state index contributed by atoms with van der Waals surface area (Å²) >= 11 is 1.83. The molecule has 1 saturated heterocycles. The van der Waals surface area contributed by atoms with Crippen molar-refractivity contribution in [2.24, 2.45) is 4.99 Å². The van der Waals surface area contributed by atoms with Crippen LogP contribution in [-0.4, -0.2) is 41.1 Å². The van der Waals surface area contributed by atoms with E-state index < -0.39 is 0 Å². The number of aliphatic imine (C=N–C) groups is 1. The number of hydrogen-bond donors (Lipinski definition) is 0. The number of aromatic nitrogens is 1. The van der Waals surface area contributed by atoms with E-state index in [2.05, 4.69) is 22.9 Å². The number of thioether (sulfide) groups is 1. The molecular formula is C19H21N3O2S. The van der Waals surface area contributed by atoms with Crippen molar-refractivity contribution < 1.29 is 9.47 Å². The van der Waals surface area contributed by atoms with E-state index >= 15 is 0 Å². The fourth-order valence-corrected chi connectivity index (χ4v) is 4.69. The molecule has 0 N–H and O–H groups in total. The smallest absolute Gasteiger partial charge is 0.166 e. The second-order valence-electron chi connectivity index (χ2n) is 6.22. The van der Waals surface area contributed by atoms with Gasteiger partial charge in [-0.1, -0.05) is 36.9 Å². The minimum atomic E-state index is -0.0443. The largest absolute Gasteiger partial charge is 0.493 e. The Morgan fingerprint density at radius 1 is 1.12 bits per heavy atom. The zero-order chi connectivity index (χ0) is 17.4. The van der Waals surface area contributed by atoms with Crippen molar-refractivity contribution in [3.05, 3.63) is 53.9 Å². The van der Waals surface area contributed by atoms with Crippen LogP contribution in [0.3, 0.4) is 0 Å². The van der Waals surface area contributed by atoms with Crippen LogP contribution >= 0.6 is 11.8 Å². The molecule has 25 heavy (non-hydrogen) atoms. The van der Waals surface area contributed by atoms with Gasteiger partial charge in [0.1, 0.15) is 6.04 Å². The lowest BCUT2D eigenvalue weighted by Gasteiger charge is -2.29. The molecule has 0 radical (unpaired) electrons. The fraction of sp³-hybridized carbons (Fsp3) is 0.368. The Morgan fingerprint density at radius 2 is 2.00 bits per heavy atom. The topological polar surface area (TPSA) is 47.0 Å². The number of fused-ring (bicyclic) bond motifs is 1. The van der Waals surface area contributed by atoms with Gasteiger partial charge in [-0.2, -0.15) is 0 Å². The van der Waals surface area contributed by atoms with Gasteiger partial charge in [-0.3, -0.25) is 9.98 Å². The lowest BCUT2D eigenvalue weighted by Crippen LogP contribution is -2.29. The average molecular weight is 355 g/mol. The molecule has 1 aromatic carbocycles. The summed E-state index contributed by atoms with van der Waals surface area (Å²) in [4.78, 5) is 12.0. The number of rotatable bonds is 4. The van der Waals surface area contributed by atoms with E-state index in [-0.39, 0.29) is 12.1 Å². The van der Waals surface area contributed by atoms with Crippen molar-refractivity contribution in [1.82, 2.24) is 9.88 Å². The normalized spacial score (nSPS) is 24.8. The first-order valence-electron chi connectivity index (χ1n) is 8.36. The highest BCUT2D eigenvalue weighted by Gasteiger charge is 2.44. The Balaban J connectivity index is 1.83. The zero-order valence-electron chi connectivity index (χ0n) is 14.5. The summed E-state index contributed by atoms with van der Waals surface area (Å²) in [5.41, 5.74) is 2.07. The van der Waals surface area contributed by atoms with Gasteiger partial charge in [0.05, 0.1) is 26.0 Å². The summed E-state index contributed by atoms with van der Waals surface area (Å²) < 4.78 is 11.2. The number of benzene rings is 1. The predicted octanol–water partition coefficient (Wildman–Crippen LogP) is 3.69. The zero-order valence-corrected chi connectivity index (χ0v) is 15.4. The van der Waals surface area contributed by atoms with Crippen LogP contribution in [0.2, 0.25) is 0 Å². The van der Waals surface area contributed by atoms with Crippen LogP contribution in [0.4, 0.5) is 0 Å². The summed E-state index contributed by atoms with van der Waals surface area (Å²) in [7, 11) is 3.36. The molecule has 4 rings (SSSR count). The number of para-hydroxylation sites is 1. The lowest BCUT2D eigenvalue weighted by molar-refractivity contribution is 0.299. The molecule has 6 heteroatoms. The molecule has 1 aromatic heterocycles. The van der Waals surface area contributed by atoms with Crippen LogP contribution in [0, 0.1) is 0 Å². The van der Waals surface area contributed by atoms with Gasteiger partial charge in [-0.05, 0) is 18.2 Å². The highest BCUT2D eigenvalue weighted by molar-refractivity contribution is 8.14. The standard InChI is InChI=1S/C19H21N3O2S/c1-12-11-22-17(13-7-6-9-15(23-2)18(13)24-3)16(21-19(22)25-12)14-8-4-5-10-20-14/h4-10,12,16-17H,11H2,1-3H3/t12-,16+,17-/m0/s1. The van der Waals surface area contributed by atoms with Gasteiger partial charge < -0.3 is 14.4 Å². The van der Waals surface area contributed by atoms with E-state index in [0.717, 1.165) is 34.5 Å². The summed E-state index contributed by atoms with van der Waals surface area (Å²) in [6.07, 6.45) is 1.83. The van der Waals surface area contributed by atoms with Crippen molar-refractivity contribution in [1.29, 1.82) is 0 Å². The van der Waals surface area contributed by atoms with Gasteiger partial charge in [-0.25, -0.2) is 0 Å². The molecule has 0 bridgehead atoms. The third-order valence-corrected chi connectivity index (χ3v) is 5.74. The van der Waals surface area contributed by atoms with Crippen LogP contribution in [0.1, 0.15) is 30.3 Å². The third kappa shape index (κ3) is 2.74. The first kappa shape index (κ1) is 16.3. The number of pyridine rings is 1. The van der Waals surface area contributed by atoms with Gasteiger partial charge in [-0.15, -0.1) is 0 Å². The highest BCUT2D eigenvalue weighted by Crippen LogP contribution is 2.50. The molecule has 2 aliphatic rings. The van der Waals surface area contributed by atoms with Crippen LogP contribution in [0.15, 0.2) is 47.6 Å². The number of amidine groups is 1. The first-order chi connectivity index (χ1) is 12.2. The molecule has 0 amide bonds. The Labute approximate surface area is 152 Å². The highest BCUT2D eigenvalue weighted by atomic mass is 32.2.